The third-order valence-electron chi connectivity index (χ3n) is 5.72. The van der Waals surface area contributed by atoms with Crippen LogP contribution in [0.3, 0.4) is 0 Å². The van der Waals surface area contributed by atoms with Gasteiger partial charge in [-0.15, -0.1) is 0 Å². The van der Waals surface area contributed by atoms with Gasteiger partial charge >= 0.3 is 0 Å². The zero-order valence-corrected chi connectivity index (χ0v) is 24.2. The van der Waals surface area contributed by atoms with Crippen LogP contribution in [0.4, 0.5) is 5.69 Å². The standard InChI is InChI=1S/C27H28Cl3N3O4S/c1-18(2)31-27(35)19(3)32(16-21-22(28)13-9-14-23(21)29)26(34)17-33(25-15-8-7-12-24(25)30)38(36,37)20-10-5-4-6-11-20/h4-15,18-19H,16-17H2,1-3H3,(H,31,35)/t19-/m0/s1. The van der Waals surface area contributed by atoms with Crippen LogP contribution in [0.1, 0.15) is 26.3 Å². The number of nitrogens with zero attached hydrogens (tertiary/aromatic N) is 2. The van der Waals surface area contributed by atoms with E-state index in [0.717, 1.165) is 4.31 Å². The smallest absolute Gasteiger partial charge is 0.264 e. The fraction of sp³-hybridized carbons (Fsp3) is 0.259. The number of nitrogens with one attached hydrogen (secondary N) is 1. The molecule has 3 rings (SSSR count). The maximum Gasteiger partial charge on any atom is 0.264 e. The van der Waals surface area contributed by atoms with Crippen molar-refractivity contribution in [3.63, 3.8) is 0 Å². The summed E-state index contributed by atoms with van der Waals surface area (Å²) in [6.45, 7) is 4.42. The summed E-state index contributed by atoms with van der Waals surface area (Å²) < 4.78 is 28.4. The van der Waals surface area contributed by atoms with Crippen LogP contribution in [-0.2, 0) is 26.2 Å². The Hall–Kier alpha value is -2.78. The Morgan fingerprint density at radius 2 is 1.37 bits per heavy atom. The van der Waals surface area contributed by atoms with Crippen molar-refractivity contribution in [1.29, 1.82) is 0 Å². The van der Waals surface area contributed by atoms with E-state index in [0.29, 0.717) is 15.6 Å². The van der Waals surface area contributed by atoms with Gasteiger partial charge in [0.2, 0.25) is 11.8 Å². The SMILES string of the molecule is CC(C)NC(=O)[C@H](C)N(Cc1c(Cl)cccc1Cl)C(=O)CN(c1ccccc1Cl)S(=O)(=O)c1ccccc1. The van der Waals surface area contributed by atoms with Gasteiger partial charge < -0.3 is 10.2 Å². The molecular weight excluding hydrogens is 569 g/mol. The summed E-state index contributed by atoms with van der Waals surface area (Å²) in [5.41, 5.74) is 0.560. The average molecular weight is 597 g/mol. The second kappa shape index (κ2) is 12.8. The second-order valence-corrected chi connectivity index (χ2v) is 11.9. The molecule has 0 aliphatic rings. The lowest BCUT2D eigenvalue weighted by atomic mass is 10.1. The number of hydrogen-bond acceptors (Lipinski definition) is 4. The molecule has 202 valence electrons. The Labute approximate surface area is 238 Å². The summed E-state index contributed by atoms with van der Waals surface area (Å²) in [5.74, 6) is -1.06. The predicted molar refractivity (Wildman–Crippen MR) is 152 cm³/mol. The third kappa shape index (κ3) is 6.99. The molecule has 1 atom stereocenters. The van der Waals surface area contributed by atoms with Crippen molar-refractivity contribution in [3.8, 4) is 0 Å². The van der Waals surface area contributed by atoms with E-state index in [1.54, 1.807) is 69.3 Å². The minimum Gasteiger partial charge on any atom is -0.352 e. The Bertz CT molecular complexity index is 1380. The molecule has 1 N–H and O–H groups in total. The van der Waals surface area contributed by atoms with E-state index in [-0.39, 0.29) is 28.2 Å². The molecule has 0 aromatic heterocycles. The Morgan fingerprint density at radius 3 is 1.95 bits per heavy atom. The Kier molecular flexibility index (Phi) is 10.1. The summed E-state index contributed by atoms with van der Waals surface area (Å²) in [6, 6.07) is 17.8. The van der Waals surface area contributed by atoms with Crippen LogP contribution >= 0.6 is 34.8 Å². The first-order chi connectivity index (χ1) is 17.9. The van der Waals surface area contributed by atoms with Crippen molar-refractivity contribution < 1.29 is 18.0 Å². The van der Waals surface area contributed by atoms with Gasteiger partial charge in [0.15, 0.2) is 0 Å². The molecule has 0 aliphatic heterocycles. The van der Waals surface area contributed by atoms with E-state index in [4.69, 9.17) is 34.8 Å². The monoisotopic (exact) mass is 595 g/mol. The largest absolute Gasteiger partial charge is 0.352 e. The van der Waals surface area contributed by atoms with E-state index < -0.39 is 34.4 Å². The summed E-state index contributed by atoms with van der Waals surface area (Å²) in [7, 11) is -4.21. The van der Waals surface area contributed by atoms with Gasteiger partial charge in [-0.25, -0.2) is 8.42 Å². The first kappa shape index (κ1) is 29.8. The number of halogens is 3. The molecular formula is C27H28Cl3N3O4S. The van der Waals surface area contributed by atoms with Crippen LogP contribution < -0.4 is 9.62 Å². The number of carbonyl (C=O) groups is 2. The minimum atomic E-state index is -4.21. The van der Waals surface area contributed by atoms with Gasteiger partial charge in [-0.2, -0.15) is 0 Å². The third-order valence-corrected chi connectivity index (χ3v) is 8.52. The summed E-state index contributed by atoms with van der Waals surface area (Å²) in [5, 5.41) is 3.56. The van der Waals surface area contributed by atoms with Crippen molar-refractivity contribution in [1.82, 2.24) is 10.2 Å². The molecule has 2 amide bonds. The molecule has 0 aliphatic carbocycles. The van der Waals surface area contributed by atoms with Gasteiger partial charge in [0.1, 0.15) is 12.6 Å². The van der Waals surface area contributed by atoms with Gasteiger partial charge in [0, 0.05) is 28.2 Å². The van der Waals surface area contributed by atoms with Crippen LogP contribution in [-0.4, -0.2) is 43.8 Å². The fourth-order valence-electron chi connectivity index (χ4n) is 3.73. The lowest BCUT2D eigenvalue weighted by molar-refractivity contribution is -0.139. The van der Waals surface area contributed by atoms with Crippen LogP contribution in [0, 0.1) is 0 Å². The van der Waals surface area contributed by atoms with Gasteiger partial charge in [0.05, 0.1) is 15.6 Å². The second-order valence-electron chi connectivity index (χ2n) is 8.84. The minimum absolute atomic E-state index is 0.0148. The van der Waals surface area contributed by atoms with E-state index in [1.165, 1.54) is 29.2 Å². The first-order valence-corrected chi connectivity index (χ1v) is 14.4. The normalized spacial score (nSPS) is 12.2. The highest BCUT2D eigenvalue weighted by atomic mass is 35.5. The van der Waals surface area contributed by atoms with Crippen LogP contribution in [0.15, 0.2) is 77.7 Å². The first-order valence-electron chi connectivity index (χ1n) is 11.8. The number of sulfonamides is 1. The number of anilines is 1. The maximum atomic E-state index is 13.9. The van der Waals surface area contributed by atoms with Crippen molar-refractivity contribution in [2.24, 2.45) is 0 Å². The lowest BCUT2D eigenvalue weighted by Gasteiger charge is -2.32. The number of para-hydroxylation sites is 1. The Morgan fingerprint density at radius 1 is 0.816 bits per heavy atom. The van der Waals surface area contributed by atoms with E-state index >= 15 is 0 Å². The number of hydrogen-bond donors (Lipinski definition) is 1. The average Bonchev–Trinajstić information content (AvgIpc) is 2.87. The fourth-order valence-corrected chi connectivity index (χ4v) is 5.99. The quantitative estimate of drug-likeness (QED) is 0.321. The van der Waals surface area contributed by atoms with Crippen LogP contribution in [0.5, 0.6) is 0 Å². The maximum absolute atomic E-state index is 13.9. The van der Waals surface area contributed by atoms with Gasteiger partial charge in [-0.3, -0.25) is 13.9 Å². The van der Waals surface area contributed by atoms with Crippen LogP contribution in [0.25, 0.3) is 0 Å². The number of amides is 2. The molecule has 0 unspecified atom stereocenters. The zero-order valence-electron chi connectivity index (χ0n) is 21.1. The van der Waals surface area contributed by atoms with Crippen molar-refractivity contribution in [3.05, 3.63) is 93.4 Å². The van der Waals surface area contributed by atoms with Gasteiger partial charge in [-0.1, -0.05) is 71.2 Å². The number of rotatable bonds is 10. The summed E-state index contributed by atoms with van der Waals surface area (Å²) >= 11 is 19.1. The topological polar surface area (TPSA) is 86.8 Å². The van der Waals surface area contributed by atoms with E-state index in [9.17, 15) is 18.0 Å². The van der Waals surface area contributed by atoms with Gasteiger partial charge in [-0.05, 0) is 57.2 Å². The molecule has 38 heavy (non-hydrogen) atoms. The van der Waals surface area contributed by atoms with E-state index in [1.807, 2.05) is 0 Å². The molecule has 11 heteroatoms. The molecule has 3 aromatic carbocycles. The number of benzene rings is 3. The highest BCUT2D eigenvalue weighted by Gasteiger charge is 2.33. The molecule has 0 heterocycles. The zero-order chi connectivity index (χ0) is 28.0. The highest BCUT2D eigenvalue weighted by molar-refractivity contribution is 7.92. The molecule has 3 aromatic rings. The van der Waals surface area contributed by atoms with Crippen molar-refractivity contribution >= 4 is 62.3 Å². The molecule has 0 saturated carbocycles. The lowest BCUT2D eigenvalue weighted by Crippen LogP contribution is -2.52. The Balaban J connectivity index is 2.07. The van der Waals surface area contributed by atoms with Gasteiger partial charge in [0.25, 0.3) is 10.0 Å². The van der Waals surface area contributed by atoms with Crippen molar-refractivity contribution in [2.45, 2.75) is 44.3 Å². The molecule has 0 saturated heterocycles. The molecule has 0 spiro atoms. The summed E-state index contributed by atoms with van der Waals surface area (Å²) in [4.78, 5) is 28.1. The van der Waals surface area contributed by atoms with E-state index in [2.05, 4.69) is 5.32 Å². The van der Waals surface area contributed by atoms with Crippen LogP contribution in [0.2, 0.25) is 15.1 Å². The molecule has 0 bridgehead atoms. The number of carbonyl (C=O) groups excluding carboxylic acids is 2. The highest BCUT2D eigenvalue weighted by Crippen LogP contribution is 2.31. The molecule has 7 nitrogen and oxygen atoms in total. The molecule has 0 fully saturated rings. The molecule has 0 radical (unpaired) electrons. The van der Waals surface area contributed by atoms with Crippen molar-refractivity contribution in [2.75, 3.05) is 10.8 Å². The predicted octanol–water partition coefficient (Wildman–Crippen LogP) is 5.78. The summed E-state index contributed by atoms with van der Waals surface area (Å²) in [6.07, 6.45) is 0.